The lowest BCUT2D eigenvalue weighted by atomic mass is 10.2. The first-order chi connectivity index (χ1) is 18.3. The largest absolute Gasteiger partial charge is 0.319 e. The van der Waals surface area contributed by atoms with Gasteiger partial charge in [0, 0.05) is 35.7 Å². The van der Waals surface area contributed by atoms with E-state index in [-0.39, 0.29) is 17.2 Å². The number of rotatable bonds is 7. The molecule has 38 heavy (non-hydrogen) atoms. The minimum atomic E-state index is -0.584. The van der Waals surface area contributed by atoms with E-state index in [1.807, 2.05) is 59.2 Å². The van der Waals surface area contributed by atoms with Crippen LogP contribution in [0.15, 0.2) is 89.1 Å². The van der Waals surface area contributed by atoms with Crippen LogP contribution < -0.4 is 10.9 Å². The highest BCUT2D eigenvalue weighted by atomic mass is 35.5. The van der Waals surface area contributed by atoms with Gasteiger partial charge in [-0.05, 0) is 62.4 Å². The number of carbonyl (C=O) groups is 1. The van der Waals surface area contributed by atoms with Crippen LogP contribution in [-0.4, -0.2) is 40.3 Å². The molecule has 0 spiro atoms. The molecule has 0 aliphatic carbocycles. The van der Waals surface area contributed by atoms with E-state index in [1.165, 1.54) is 16.4 Å². The SMILES string of the molecule is Cc1c(NC(=O)[C@H](C)Sc2nnc(-c3ccncc3)n2-c2ccc(Cl)cc2)c(=O)n(-c2ccccc2)n1C. The molecule has 3 heterocycles. The fraction of sp³-hybridized carbons (Fsp3) is 0.148. The summed E-state index contributed by atoms with van der Waals surface area (Å²) in [7, 11) is 1.78. The number of pyridine rings is 1. The first-order valence-electron chi connectivity index (χ1n) is 11.8. The van der Waals surface area contributed by atoms with E-state index in [1.54, 1.807) is 50.1 Å². The van der Waals surface area contributed by atoms with E-state index in [9.17, 15) is 9.59 Å². The normalized spacial score (nSPS) is 11.9. The van der Waals surface area contributed by atoms with Crippen molar-refractivity contribution in [3.63, 3.8) is 0 Å². The number of amides is 1. The quantitative estimate of drug-likeness (QED) is 0.292. The summed E-state index contributed by atoms with van der Waals surface area (Å²) in [5.41, 5.74) is 2.93. The average Bonchev–Trinajstić information content (AvgIpc) is 3.44. The predicted molar refractivity (Wildman–Crippen MR) is 149 cm³/mol. The van der Waals surface area contributed by atoms with E-state index in [4.69, 9.17) is 11.6 Å². The molecule has 2 aromatic carbocycles. The van der Waals surface area contributed by atoms with Crippen molar-refractivity contribution >= 4 is 35.0 Å². The number of halogens is 1. The van der Waals surface area contributed by atoms with Crippen molar-refractivity contribution in [1.82, 2.24) is 29.1 Å². The Morgan fingerprint density at radius 3 is 2.34 bits per heavy atom. The molecule has 0 bridgehead atoms. The molecular formula is C27H24ClN7O2S. The van der Waals surface area contributed by atoms with Gasteiger partial charge in [0.15, 0.2) is 11.0 Å². The lowest BCUT2D eigenvalue weighted by molar-refractivity contribution is -0.115. The number of carbonyl (C=O) groups excluding carboxylic acids is 1. The van der Waals surface area contributed by atoms with Crippen molar-refractivity contribution in [3.8, 4) is 22.8 Å². The first kappa shape index (κ1) is 25.5. The van der Waals surface area contributed by atoms with Crippen LogP contribution in [0, 0.1) is 6.92 Å². The van der Waals surface area contributed by atoms with E-state index >= 15 is 0 Å². The van der Waals surface area contributed by atoms with Gasteiger partial charge in [-0.3, -0.25) is 23.8 Å². The smallest absolute Gasteiger partial charge is 0.295 e. The van der Waals surface area contributed by atoms with Crippen molar-refractivity contribution in [2.24, 2.45) is 7.05 Å². The zero-order valence-corrected chi connectivity index (χ0v) is 22.4. The summed E-state index contributed by atoms with van der Waals surface area (Å²) in [4.78, 5) is 30.6. The number of aromatic nitrogens is 6. The topological polar surface area (TPSA) is 99.6 Å². The van der Waals surface area contributed by atoms with Gasteiger partial charge in [-0.1, -0.05) is 41.6 Å². The number of para-hydroxylation sites is 1. The lowest BCUT2D eigenvalue weighted by Gasteiger charge is -2.14. The molecule has 3 aromatic heterocycles. The van der Waals surface area contributed by atoms with Gasteiger partial charge in [-0.2, -0.15) is 0 Å². The highest BCUT2D eigenvalue weighted by Crippen LogP contribution is 2.31. The molecule has 1 amide bonds. The zero-order chi connectivity index (χ0) is 26.8. The Hall–Kier alpha value is -4.15. The van der Waals surface area contributed by atoms with E-state index in [0.717, 1.165) is 11.3 Å². The van der Waals surface area contributed by atoms with Crippen molar-refractivity contribution in [2.45, 2.75) is 24.3 Å². The van der Waals surface area contributed by atoms with Gasteiger partial charge in [0.25, 0.3) is 5.56 Å². The molecule has 0 saturated carbocycles. The minimum Gasteiger partial charge on any atom is -0.319 e. The zero-order valence-electron chi connectivity index (χ0n) is 20.9. The highest BCUT2D eigenvalue weighted by Gasteiger charge is 2.25. The van der Waals surface area contributed by atoms with Crippen LogP contribution in [0.3, 0.4) is 0 Å². The predicted octanol–water partition coefficient (Wildman–Crippen LogP) is 4.90. The second-order valence-electron chi connectivity index (χ2n) is 8.54. The Morgan fingerprint density at radius 2 is 1.66 bits per heavy atom. The van der Waals surface area contributed by atoms with Crippen LogP contribution >= 0.6 is 23.4 Å². The Morgan fingerprint density at radius 1 is 0.974 bits per heavy atom. The maximum absolute atomic E-state index is 13.3. The molecule has 192 valence electrons. The number of thioether (sulfide) groups is 1. The Balaban J connectivity index is 1.44. The first-order valence-corrected chi connectivity index (χ1v) is 13.0. The molecule has 5 rings (SSSR count). The molecule has 5 aromatic rings. The van der Waals surface area contributed by atoms with Crippen LogP contribution in [0.4, 0.5) is 5.69 Å². The van der Waals surface area contributed by atoms with Gasteiger partial charge in [-0.25, -0.2) is 4.68 Å². The average molecular weight is 546 g/mol. The molecule has 1 atom stereocenters. The van der Waals surface area contributed by atoms with Crippen molar-refractivity contribution < 1.29 is 4.79 Å². The highest BCUT2D eigenvalue weighted by molar-refractivity contribution is 8.00. The lowest BCUT2D eigenvalue weighted by Crippen LogP contribution is -2.27. The van der Waals surface area contributed by atoms with Crippen LogP contribution in [-0.2, 0) is 11.8 Å². The summed E-state index contributed by atoms with van der Waals surface area (Å²) in [6, 6.07) is 20.3. The summed E-state index contributed by atoms with van der Waals surface area (Å²) in [5, 5.41) is 12.2. The number of benzene rings is 2. The van der Waals surface area contributed by atoms with Crippen LogP contribution in [0.5, 0.6) is 0 Å². The maximum atomic E-state index is 13.3. The molecular weight excluding hydrogens is 522 g/mol. The van der Waals surface area contributed by atoms with Gasteiger partial charge in [-0.15, -0.1) is 10.2 Å². The van der Waals surface area contributed by atoms with Crippen molar-refractivity contribution in [3.05, 3.63) is 100 Å². The third kappa shape index (κ3) is 4.88. The molecule has 11 heteroatoms. The molecule has 0 fully saturated rings. The van der Waals surface area contributed by atoms with E-state index in [2.05, 4.69) is 20.5 Å². The van der Waals surface area contributed by atoms with Crippen LogP contribution in [0.1, 0.15) is 12.6 Å². The van der Waals surface area contributed by atoms with Crippen LogP contribution in [0.2, 0.25) is 5.02 Å². The molecule has 0 saturated heterocycles. The Bertz CT molecular complexity index is 1650. The summed E-state index contributed by atoms with van der Waals surface area (Å²) in [5.74, 6) is 0.284. The number of hydrogen-bond acceptors (Lipinski definition) is 6. The number of anilines is 1. The molecule has 0 aliphatic heterocycles. The van der Waals surface area contributed by atoms with Gasteiger partial charge in [0.1, 0.15) is 5.69 Å². The Labute approximate surface area is 228 Å². The van der Waals surface area contributed by atoms with Crippen molar-refractivity contribution in [2.75, 3.05) is 5.32 Å². The van der Waals surface area contributed by atoms with E-state index in [0.29, 0.717) is 27.4 Å². The monoisotopic (exact) mass is 545 g/mol. The second-order valence-corrected chi connectivity index (χ2v) is 10.3. The summed E-state index contributed by atoms with van der Waals surface area (Å²) >= 11 is 7.36. The molecule has 9 nitrogen and oxygen atoms in total. The summed E-state index contributed by atoms with van der Waals surface area (Å²) < 4.78 is 5.13. The fourth-order valence-electron chi connectivity index (χ4n) is 4.01. The van der Waals surface area contributed by atoms with E-state index < -0.39 is 5.25 Å². The second kappa shape index (κ2) is 10.7. The molecule has 1 N–H and O–H groups in total. The summed E-state index contributed by atoms with van der Waals surface area (Å²) in [6.07, 6.45) is 3.37. The number of hydrogen-bond donors (Lipinski definition) is 1. The van der Waals surface area contributed by atoms with Crippen molar-refractivity contribution in [1.29, 1.82) is 0 Å². The van der Waals surface area contributed by atoms with Crippen LogP contribution in [0.25, 0.3) is 22.8 Å². The Kier molecular flexibility index (Phi) is 7.17. The standard InChI is InChI=1S/C27H24ClN7O2S/c1-17-23(26(37)35(33(17)3)22-7-5-4-6-8-22)30-25(36)18(2)38-27-32-31-24(19-13-15-29-16-14-19)34(27)21-11-9-20(28)10-12-21/h4-16,18H,1-3H3,(H,30,36)/t18-/m0/s1. The molecule has 0 radical (unpaired) electrons. The third-order valence-electron chi connectivity index (χ3n) is 6.11. The van der Waals surface area contributed by atoms with Gasteiger partial charge in [0.2, 0.25) is 5.91 Å². The van der Waals surface area contributed by atoms with Gasteiger partial charge < -0.3 is 5.32 Å². The number of nitrogens with one attached hydrogen (secondary N) is 1. The minimum absolute atomic E-state index is 0.241. The van der Waals surface area contributed by atoms with Gasteiger partial charge in [0.05, 0.1) is 16.6 Å². The number of nitrogens with zero attached hydrogens (tertiary/aromatic N) is 6. The maximum Gasteiger partial charge on any atom is 0.295 e. The summed E-state index contributed by atoms with van der Waals surface area (Å²) in [6.45, 7) is 3.56. The third-order valence-corrected chi connectivity index (χ3v) is 7.41. The molecule has 0 aliphatic rings. The van der Waals surface area contributed by atoms with Gasteiger partial charge >= 0.3 is 0 Å². The molecule has 0 unspecified atom stereocenters. The fourth-order valence-corrected chi connectivity index (χ4v) is 5.00.